The van der Waals surface area contributed by atoms with E-state index in [-0.39, 0.29) is 23.7 Å². The molecule has 0 saturated heterocycles. The first-order valence-corrected chi connectivity index (χ1v) is 6.65. The summed E-state index contributed by atoms with van der Waals surface area (Å²) in [6.45, 7) is 0. The molecule has 1 amide bonds. The minimum Gasteiger partial charge on any atom is -0.508 e. The molecule has 3 aromatic rings. The van der Waals surface area contributed by atoms with Gasteiger partial charge in [0.25, 0.3) is 5.91 Å². The molecule has 0 aliphatic rings. The van der Waals surface area contributed by atoms with Crippen LogP contribution in [-0.4, -0.2) is 21.1 Å². The van der Waals surface area contributed by atoms with Gasteiger partial charge < -0.3 is 15.2 Å². The van der Waals surface area contributed by atoms with Crippen molar-refractivity contribution in [2.24, 2.45) is 10.2 Å². The minimum absolute atomic E-state index is 0.0763. The van der Waals surface area contributed by atoms with Crippen LogP contribution in [0.2, 0.25) is 0 Å². The zero-order valence-electron chi connectivity index (χ0n) is 11.5. The van der Waals surface area contributed by atoms with Crippen molar-refractivity contribution in [3.05, 3.63) is 54.1 Å². The summed E-state index contributed by atoms with van der Waals surface area (Å²) in [6.07, 6.45) is 0.0763. The van der Waals surface area contributed by atoms with Gasteiger partial charge in [0.1, 0.15) is 5.75 Å². The number of hydrogen-bond donors (Lipinski definition) is 3. The molecule has 0 aliphatic carbocycles. The van der Waals surface area contributed by atoms with Crippen molar-refractivity contribution in [2.75, 3.05) is 0 Å². The van der Waals surface area contributed by atoms with Gasteiger partial charge in [0.15, 0.2) is 5.69 Å². The number of phenolic OH excluding ortho intramolecular Hbond substituents is 1. The predicted octanol–water partition coefficient (Wildman–Crippen LogP) is 3.43. The van der Waals surface area contributed by atoms with Gasteiger partial charge in [-0.3, -0.25) is 4.79 Å². The Morgan fingerprint density at radius 2 is 1.77 bits per heavy atom. The Labute approximate surface area is 125 Å². The molecule has 0 saturated carbocycles. The molecule has 0 bridgehead atoms. The van der Waals surface area contributed by atoms with Gasteiger partial charge in [-0.1, -0.05) is 30.3 Å². The minimum atomic E-state index is -0.435. The van der Waals surface area contributed by atoms with Crippen LogP contribution in [0.4, 0.5) is 5.69 Å². The topological polar surface area (TPSA) is 98.0 Å². The number of aromatic nitrogens is 1. The Balaban J connectivity index is 1.79. The number of carbonyl (C=O) groups excluding carboxylic acids is 1. The number of aromatic amines is 1. The molecule has 22 heavy (non-hydrogen) atoms. The predicted molar refractivity (Wildman–Crippen MR) is 81.3 cm³/mol. The number of fused-ring (bicyclic) bond motifs is 1. The number of hydrogen-bond acceptors (Lipinski definition) is 4. The van der Waals surface area contributed by atoms with Crippen LogP contribution < -0.4 is 0 Å². The number of rotatable bonds is 3. The average Bonchev–Trinajstić information content (AvgIpc) is 2.83. The third kappa shape index (κ3) is 2.80. The Morgan fingerprint density at radius 1 is 1.05 bits per heavy atom. The molecule has 6 heteroatoms. The van der Waals surface area contributed by atoms with Gasteiger partial charge in [0.2, 0.25) is 5.88 Å². The molecular weight excluding hydrogens is 282 g/mol. The van der Waals surface area contributed by atoms with Crippen molar-refractivity contribution in [3.63, 3.8) is 0 Å². The van der Waals surface area contributed by atoms with Gasteiger partial charge in [-0.05, 0) is 23.8 Å². The lowest BCUT2D eigenvalue weighted by Gasteiger charge is -1.97. The summed E-state index contributed by atoms with van der Waals surface area (Å²) in [6, 6.07) is 13.5. The van der Waals surface area contributed by atoms with E-state index in [0.29, 0.717) is 5.39 Å². The lowest BCUT2D eigenvalue weighted by Crippen LogP contribution is -1.97. The zero-order chi connectivity index (χ0) is 15.5. The smallest absolute Gasteiger partial charge is 0.269 e. The van der Waals surface area contributed by atoms with Crippen LogP contribution in [0, 0.1) is 0 Å². The number of benzene rings is 2. The molecule has 0 unspecified atom stereocenters. The quantitative estimate of drug-likeness (QED) is 0.645. The van der Waals surface area contributed by atoms with E-state index in [2.05, 4.69) is 15.2 Å². The van der Waals surface area contributed by atoms with E-state index in [0.717, 1.165) is 11.1 Å². The van der Waals surface area contributed by atoms with Crippen LogP contribution in [0.15, 0.2) is 58.8 Å². The van der Waals surface area contributed by atoms with Gasteiger partial charge >= 0.3 is 0 Å². The highest BCUT2D eigenvalue weighted by Gasteiger charge is 2.10. The fraction of sp³-hybridized carbons (Fsp3) is 0.0625. The molecule has 0 aliphatic heterocycles. The van der Waals surface area contributed by atoms with Crippen LogP contribution in [0.5, 0.6) is 11.6 Å². The van der Waals surface area contributed by atoms with Gasteiger partial charge in [0.05, 0.1) is 11.9 Å². The first-order valence-electron chi connectivity index (χ1n) is 6.65. The van der Waals surface area contributed by atoms with Crippen molar-refractivity contribution in [1.29, 1.82) is 0 Å². The summed E-state index contributed by atoms with van der Waals surface area (Å²) in [7, 11) is 0. The number of azo groups is 1. The third-order valence-corrected chi connectivity index (χ3v) is 3.21. The molecule has 0 radical (unpaired) electrons. The van der Waals surface area contributed by atoms with Gasteiger partial charge in [0, 0.05) is 5.39 Å². The highest BCUT2D eigenvalue weighted by atomic mass is 16.3. The maximum atomic E-state index is 11.8. The van der Waals surface area contributed by atoms with Gasteiger partial charge in [-0.25, -0.2) is 0 Å². The molecule has 110 valence electrons. The summed E-state index contributed by atoms with van der Waals surface area (Å²) in [4.78, 5) is 14.6. The van der Waals surface area contributed by atoms with E-state index in [1.165, 1.54) is 12.1 Å². The van der Waals surface area contributed by atoms with E-state index in [9.17, 15) is 15.0 Å². The van der Waals surface area contributed by atoms with Crippen LogP contribution in [0.1, 0.15) is 5.56 Å². The van der Waals surface area contributed by atoms with E-state index in [1.54, 1.807) is 24.3 Å². The summed E-state index contributed by atoms with van der Waals surface area (Å²) >= 11 is 0. The second kappa shape index (κ2) is 5.69. The zero-order valence-corrected chi connectivity index (χ0v) is 11.5. The third-order valence-electron chi connectivity index (χ3n) is 3.21. The van der Waals surface area contributed by atoms with Crippen molar-refractivity contribution in [2.45, 2.75) is 6.42 Å². The summed E-state index contributed by atoms with van der Waals surface area (Å²) in [5.41, 5.74) is 1.69. The number of amides is 1. The monoisotopic (exact) mass is 295 g/mol. The largest absolute Gasteiger partial charge is 0.508 e. The first kappa shape index (κ1) is 13.8. The van der Waals surface area contributed by atoms with Crippen LogP contribution >= 0.6 is 0 Å². The first-order chi connectivity index (χ1) is 10.6. The second-order valence-electron chi connectivity index (χ2n) is 4.80. The van der Waals surface area contributed by atoms with E-state index >= 15 is 0 Å². The summed E-state index contributed by atoms with van der Waals surface area (Å²) in [5, 5.41) is 27.2. The Bertz CT molecular complexity index is 851. The van der Waals surface area contributed by atoms with Gasteiger partial charge in [-0.2, -0.15) is 0 Å². The number of carbonyl (C=O) groups is 1. The van der Waals surface area contributed by atoms with Crippen molar-refractivity contribution < 1.29 is 15.0 Å². The number of para-hydroxylation sites is 1. The lowest BCUT2D eigenvalue weighted by molar-refractivity contribution is -0.117. The standard InChI is InChI=1S/C16H13N3O3/c20-11-7-5-10(6-8-11)9-14(21)18-19-15-12-3-1-2-4-13(12)17-16(15)22/h1-8,17,20,22H,9H2. The van der Waals surface area contributed by atoms with Crippen LogP contribution in [-0.2, 0) is 11.2 Å². The normalized spacial score (nSPS) is 11.3. The van der Waals surface area contributed by atoms with E-state index < -0.39 is 5.91 Å². The fourth-order valence-electron chi connectivity index (χ4n) is 2.14. The molecule has 0 spiro atoms. The van der Waals surface area contributed by atoms with Crippen molar-refractivity contribution >= 4 is 22.5 Å². The SMILES string of the molecule is O=C(Cc1ccc(O)cc1)N=Nc1c(O)[nH]c2ccccc12. The molecule has 0 fully saturated rings. The van der Waals surface area contributed by atoms with Crippen LogP contribution in [0.25, 0.3) is 10.9 Å². The number of nitrogens with zero attached hydrogens (tertiary/aromatic N) is 2. The van der Waals surface area contributed by atoms with Gasteiger partial charge in [-0.15, -0.1) is 10.2 Å². The lowest BCUT2D eigenvalue weighted by atomic mass is 10.1. The maximum absolute atomic E-state index is 11.8. The molecule has 1 heterocycles. The van der Waals surface area contributed by atoms with Crippen molar-refractivity contribution in [3.8, 4) is 11.6 Å². The summed E-state index contributed by atoms with van der Waals surface area (Å²) in [5.74, 6) is -0.417. The average molecular weight is 295 g/mol. The van der Waals surface area contributed by atoms with Crippen LogP contribution in [0.3, 0.4) is 0 Å². The highest BCUT2D eigenvalue weighted by molar-refractivity contribution is 5.94. The second-order valence-corrected chi connectivity index (χ2v) is 4.80. The highest BCUT2D eigenvalue weighted by Crippen LogP contribution is 2.35. The van der Waals surface area contributed by atoms with E-state index in [4.69, 9.17) is 0 Å². The molecule has 0 atom stereocenters. The summed E-state index contributed by atoms with van der Waals surface area (Å²) < 4.78 is 0. The Morgan fingerprint density at radius 3 is 2.55 bits per heavy atom. The maximum Gasteiger partial charge on any atom is 0.269 e. The van der Waals surface area contributed by atoms with E-state index in [1.807, 2.05) is 12.1 Å². The number of H-pyrrole nitrogens is 1. The number of phenols is 1. The van der Waals surface area contributed by atoms with Crippen molar-refractivity contribution in [1.82, 2.24) is 4.98 Å². The molecular formula is C16H13N3O3. The molecule has 1 aromatic heterocycles. The molecule has 3 rings (SSSR count). The molecule has 3 N–H and O–H groups in total. The number of nitrogens with one attached hydrogen (secondary N) is 1. The molecule has 2 aromatic carbocycles. The molecule has 6 nitrogen and oxygen atoms in total. The fourth-order valence-corrected chi connectivity index (χ4v) is 2.14. The Kier molecular flexibility index (Phi) is 3.57. The Hall–Kier alpha value is -3.15. The number of aromatic hydroxyl groups is 2.